The number of aromatic nitrogens is 2. The number of methoxy groups -OCH3 is 1. The minimum atomic E-state index is -0.339. The third-order valence-corrected chi connectivity index (χ3v) is 7.17. The SMILES string of the molecule is C=CC(=O)Nc1cc(Nc2ncc(Cl)c(Nc3cccc4c3N(C(=O)CC)CC4)n2)c(OC)cc1N(C)CCN(C)C. The van der Waals surface area contributed by atoms with Gasteiger partial charge in [0.15, 0.2) is 5.82 Å². The molecule has 0 atom stereocenters. The van der Waals surface area contributed by atoms with E-state index in [0.717, 1.165) is 42.1 Å². The van der Waals surface area contributed by atoms with Gasteiger partial charge in [0.05, 0.1) is 41.7 Å². The van der Waals surface area contributed by atoms with Crippen molar-refractivity contribution >= 4 is 63.6 Å². The van der Waals surface area contributed by atoms with Gasteiger partial charge in [0.1, 0.15) is 10.8 Å². The number of carbonyl (C=O) groups excluding carboxylic acids is 2. The second-order valence-electron chi connectivity index (χ2n) is 10.1. The fraction of sp³-hybridized carbons (Fsp3) is 0.333. The molecule has 0 fully saturated rings. The summed E-state index contributed by atoms with van der Waals surface area (Å²) >= 11 is 6.50. The van der Waals surface area contributed by atoms with Crippen molar-refractivity contribution in [3.05, 3.63) is 59.8 Å². The number of nitrogens with one attached hydrogen (secondary N) is 3. The standard InChI is InChI=1S/C30H37ClN8O3/c1-7-26(40)33-22-16-23(25(42-6)17-24(22)38(5)15-14-37(3)4)35-30-32-18-20(31)29(36-30)34-21-11-9-10-19-12-13-39(28(19)21)27(41)8-2/h7,9-11,16-18H,1,8,12-15H2,2-6H3,(H,33,40)(H2,32,34,35,36). The number of anilines is 7. The number of rotatable bonds is 12. The summed E-state index contributed by atoms with van der Waals surface area (Å²) in [6.07, 6.45) is 3.91. The van der Waals surface area contributed by atoms with E-state index in [2.05, 4.69) is 37.4 Å². The number of ether oxygens (including phenoxy) is 1. The van der Waals surface area contributed by atoms with Gasteiger partial charge in [0.2, 0.25) is 17.8 Å². The van der Waals surface area contributed by atoms with Gasteiger partial charge in [-0.2, -0.15) is 4.98 Å². The number of para-hydroxylation sites is 1. The zero-order valence-electron chi connectivity index (χ0n) is 24.6. The van der Waals surface area contributed by atoms with Gasteiger partial charge in [-0.1, -0.05) is 37.2 Å². The molecule has 1 aliphatic heterocycles. The molecule has 2 amide bonds. The first-order valence-electron chi connectivity index (χ1n) is 13.6. The number of hydrogen-bond acceptors (Lipinski definition) is 9. The predicted molar refractivity (Wildman–Crippen MR) is 170 cm³/mol. The maximum Gasteiger partial charge on any atom is 0.247 e. The van der Waals surface area contributed by atoms with E-state index in [0.29, 0.717) is 40.9 Å². The van der Waals surface area contributed by atoms with Crippen LogP contribution in [0.2, 0.25) is 5.02 Å². The minimum absolute atomic E-state index is 0.0568. The number of fused-ring (bicyclic) bond motifs is 1. The molecular weight excluding hydrogens is 556 g/mol. The summed E-state index contributed by atoms with van der Waals surface area (Å²) in [5.74, 6) is 0.873. The Hall–Kier alpha value is -4.35. The van der Waals surface area contributed by atoms with Crippen LogP contribution in [0.1, 0.15) is 18.9 Å². The van der Waals surface area contributed by atoms with Crippen molar-refractivity contribution < 1.29 is 14.3 Å². The Bertz CT molecular complexity index is 1480. The molecule has 0 radical (unpaired) electrons. The number of benzene rings is 2. The quantitative estimate of drug-likeness (QED) is 0.249. The molecule has 12 heteroatoms. The number of halogens is 1. The molecule has 0 unspecified atom stereocenters. The number of carbonyl (C=O) groups is 2. The fourth-order valence-electron chi connectivity index (χ4n) is 4.67. The monoisotopic (exact) mass is 592 g/mol. The van der Waals surface area contributed by atoms with Crippen molar-refractivity contribution in [2.24, 2.45) is 0 Å². The largest absolute Gasteiger partial charge is 0.494 e. The van der Waals surface area contributed by atoms with Crippen LogP contribution < -0.4 is 30.5 Å². The minimum Gasteiger partial charge on any atom is -0.494 e. The highest BCUT2D eigenvalue weighted by atomic mass is 35.5. The molecule has 0 saturated carbocycles. The first-order valence-corrected chi connectivity index (χ1v) is 14.0. The number of likely N-dealkylation sites (N-methyl/N-ethyl adjacent to an activating group) is 2. The summed E-state index contributed by atoms with van der Waals surface area (Å²) in [7, 11) is 7.53. The van der Waals surface area contributed by atoms with Crippen molar-refractivity contribution in [2.75, 3.05) is 73.6 Å². The Morgan fingerprint density at radius 3 is 2.62 bits per heavy atom. The van der Waals surface area contributed by atoms with Crippen LogP contribution in [0.4, 0.5) is 40.2 Å². The van der Waals surface area contributed by atoms with Gasteiger partial charge in [-0.3, -0.25) is 9.59 Å². The third-order valence-electron chi connectivity index (χ3n) is 6.90. The van der Waals surface area contributed by atoms with E-state index < -0.39 is 0 Å². The van der Waals surface area contributed by atoms with Gasteiger partial charge < -0.3 is 35.4 Å². The highest BCUT2D eigenvalue weighted by Crippen LogP contribution is 2.40. The summed E-state index contributed by atoms with van der Waals surface area (Å²) < 4.78 is 5.70. The molecule has 4 rings (SSSR count). The summed E-state index contributed by atoms with van der Waals surface area (Å²) in [4.78, 5) is 39.8. The van der Waals surface area contributed by atoms with Crippen molar-refractivity contribution in [3.8, 4) is 5.75 Å². The van der Waals surface area contributed by atoms with E-state index in [1.54, 1.807) is 18.1 Å². The van der Waals surface area contributed by atoms with E-state index in [4.69, 9.17) is 16.3 Å². The Morgan fingerprint density at radius 1 is 1.14 bits per heavy atom. The molecular formula is C30H37ClN8O3. The summed E-state index contributed by atoms with van der Waals surface area (Å²) in [6, 6.07) is 9.48. The number of amides is 2. The Labute approximate surface area is 251 Å². The zero-order chi connectivity index (χ0) is 30.4. The Morgan fingerprint density at radius 2 is 1.93 bits per heavy atom. The van der Waals surface area contributed by atoms with E-state index in [1.807, 2.05) is 57.2 Å². The topological polar surface area (TPSA) is 115 Å². The van der Waals surface area contributed by atoms with Gasteiger partial charge in [0.25, 0.3) is 0 Å². The molecule has 11 nitrogen and oxygen atoms in total. The molecule has 0 saturated heterocycles. The van der Waals surface area contributed by atoms with Crippen LogP contribution >= 0.6 is 11.6 Å². The van der Waals surface area contributed by atoms with E-state index >= 15 is 0 Å². The first-order chi connectivity index (χ1) is 20.1. The lowest BCUT2D eigenvalue weighted by Gasteiger charge is -2.26. The fourth-order valence-corrected chi connectivity index (χ4v) is 4.80. The van der Waals surface area contributed by atoms with Gasteiger partial charge >= 0.3 is 0 Å². The van der Waals surface area contributed by atoms with Crippen LogP contribution in [0.5, 0.6) is 5.75 Å². The number of nitrogens with zero attached hydrogens (tertiary/aromatic N) is 5. The lowest BCUT2D eigenvalue weighted by atomic mass is 10.1. The highest BCUT2D eigenvalue weighted by Gasteiger charge is 2.27. The lowest BCUT2D eigenvalue weighted by Crippen LogP contribution is -2.29. The molecule has 222 valence electrons. The maximum absolute atomic E-state index is 12.6. The zero-order valence-corrected chi connectivity index (χ0v) is 25.4. The van der Waals surface area contributed by atoms with Gasteiger partial charge in [-0.05, 0) is 44.3 Å². The van der Waals surface area contributed by atoms with Crippen LogP contribution in [0.15, 0.2) is 49.2 Å². The van der Waals surface area contributed by atoms with Crippen LogP contribution in [0.25, 0.3) is 0 Å². The average molecular weight is 593 g/mol. The molecule has 0 bridgehead atoms. The highest BCUT2D eigenvalue weighted by molar-refractivity contribution is 6.33. The molecule has 0 aliphatic carbocycles. The van der Waals surface area contributed by atoms with E-state index in [9.17, 15) is 9.59 Å². The van der Waals surface area contributed by atoms with Crippen molar-refractivity contribution in [1.82, 2.24) is 14.9 Å². The Kier molecular flexibility index (Phi) is 9.87. The normalized spacial score (nSPS) is 12.1. The first kappa shape index (κ1) is 30.6. The molecule has 1 aliphatic rings. The molecule has 3 N–H and O–H groups in total. The lowest BCUT2D eigenvalue weighted by molar-refractivity contribution is -0.118. The van der Waals surface area contributed by atoms with Crippen molar-refractivity contribution in [2.45, 2.75) is 19.8 Å². The second-order valence-corrected chi connectivity index (χ2v) is 10.5. The Balaban J connectivity index is 1.66. The summed E-state index contributed by atoms with van der Waals surface area (Å²) in [6.45, 7) is 7.60. The predicted octanol–water partition coefficient (Wildman–Crippen LogP) is 5.05. The van der Waals surface area contributed by atoms with E-state index in [1.165, 1.54) is 12.3 Å². The van der Waals surface area contributed by atoms with Gasteiger partial charge in [-0.25, -0.2) is 4.98 Å². The second kappa shape index (κ2) is 13.5. The van der Waals surface area contributed by atoms with Gasteiger partial charge in [-0.15, -0.1) is 0 Å². The van der Waals surface area contributed by atoms with Crippen molar-refractivity contribution in [1.29, 1.82) is 0 Å². The summed E-state index contributed by atoms with van der Waals surface area (Å²) in [5, 5.41) is 9.70. The van der Waals surface area contributed by atoms with Gasteiger partial charge in [0, 0.05) is 39.2 Å². The van der Waals surface area contributed by atoms with Crippen LogP contribution in [0.3, 0.4) is 0 Å². The maximum atomic E-state index is 12.6. The van der Waals surface area contributed by atoms with E-state index in [-0.39, 0.29) is 17.8 Å². The molecule has 3 aromatic rings. The molecule has 2 heterocycles. The smallest absolute Gasteiger partial charge is 0.247 e. The third kappa shape index (κ3) is 6.92. The molecule has 0 spiro atoms. The molecule has 1 aromatic heterocycles. The van der Waals surface area contributed by atoms with Crippen LogP contribution in [-0.2, 0) is 16.0 Å². The number of hydrogen-bond donors (Lipinski definition) is 3. The van der Waals surface area contributed by atoms with Crippen LogP contribution in [0, 0.1) is 0 Å². The average Bonchev–Trinajstić information content (AvgIpc) is 3.42. The van der Waals surface area contributed by atoms with Crippen LogP contribution in [-0.4, -0.2) is 74.6 Å². The molecule has 42 heavy (non-hydrogen) atoms. The summed E-state index contributed by atoms with van der Waals surface area (Å²) in [5.41, 5.74) is 4.53. The molecule has 2 aromatic carbocycles. The van der Waals surface area contributed by atoms with Crippen molar-refractivity contribution in [3.63, 3.8) is 0 Å².